The van der Waals surface area contributed by atoms with E-state index in [1.54, 1.807) is 19.1 Å². The van der Waals surface area contributed by atoms with Gasteiger partial charge in [0, 0.05) is 13.1 Å². The molecule has 158 valence electrons. The molecule has 1 aliphatic heterocycles. The Morgan fingerprint density at radius 2 is 1.59 bits per heavy atom. The summed E-state index contributed by atoms with van der Waals surface area (Å²) in [5.41, 5.74) is 1.60. The smallest absolute Gasteiger partial charge is 0.262 e. The Kier molecular flexibility index (Phi) is 6.21. The Bertz CT molecular complexity index is 1110. The Balaban J connectivity index is 1.99. The first kappa shape index (κ1) is 21.6. The Labute approximate surface area is 172 Å². The molecular formula is C20H26N2O5S2. The molecule has 2 aromatic carbocycles. The monoisotopic (exact) mass is 438 g/mol. The van der Waals surface area contributed by atoms with Crippen LogP contribution in [-0.4, -0.2) is 41.3 Å². The third-order valence-corrected chi connectivity index (χ3v) is 8.42. The fourth-order valence-corrected chi connectivity index (χ4v) is 6.47. The van der Waals surface area contributed by atoms with E-state index in [2.05, 4.69) is 4.72 Å². The van der Waals surface area contributed by atoms with Crippen LogP contribution in [0.2, 0.25) is 0 Å². The molecule has 0 saturated carbocycles. The topological polar surface area (TPSA) is 92.8 Å². The maximum Gasteiger partial charge on any atom is 0.262 e. The highest BCUT2D eigenvalue weighted by molar-refractivity contribution is 7.92. The summed E-state index contributed by atoms with van der Waals surface area (Å²) in [7, 11) is -6.27. The average molecular weight is 439 g/mol. The number of hydrogen-bond donors (Lipinski definition) is 1. The quantitative estimate of drug-likeness (QED) is 0.747. The summed E-state index contributed by atoms with van der Waals surface area (Å²) in [5, 5.41) is 0. The van der Waals surface area contributed by atoms with Gasteiger partial charge in [0.25, 0.3) is 10.0 Å². The number of aryl methyl sites for hydroxylation is 2. The third-order valence-electron chi connectivity index (χ3n) is 4.98. The summed E-state index contributed by atoms with van der Waals surface area (Å²) < 4.78 is 61.2. The number of piperidine rings is 1. The highest BCUT2D eigenvalue weighted by atomic mass is 32.2. The molecule has 0 aromatic heterocycles. The van der Waals surface area contributed by atoms with E-state index in [-0.39, 0.29) is 21.2 Å². The second-order valence-electron chi connectivity index (χ2n) is 7.20. The minimum atomic E-state index is -3.87. The summed E-state index contributed by atoms with van der Waals surface area (Å²) in [5.74, 6) is 0.185. The van der Waals surface area contributed by atoms with Gasteiger partial charge < -0.3 is 4.74 Å². The number of hydrogen-bond acceptors (Lipinski definition) is 5. The van der Waals surface area contributed by atoms with Crippen LogP contribution in [0.25, 0.3) is 0 Å². The van der Waals surface area contributed by atoms with E-state index in [0.29, 0.717) is 18.7 Å². The molecule has 0 unspecified atom stereocenters. The lowest BCUT2D eigenvalue weighted by Gasteiger charge is -2.26. The van der Waals surface area contributed by atoms with Crippen LogP contribution in [0.3, 0.4) is 0 Å². The van der Waals surface area contributed by atoms with Crippen LogP contribution < -0.4 is 9.46 Å². The predicted molar refractivity (Wildman–Crippen MR) is 112 cm³/mol. The van der Waals surface area contributed by atoms with Crippen LogP contribution >= 0.6 is 0 Å². The van der Waals surface area contributed by atoms with Crippen molar-refractivity contribution in [2.24, 2.45) is 0 Å². The zero-order valence-corrected chi connectivity index (χ0v) is 18.4. The summed E-state index contributed by atoms with van der Waals surface area (Å²) in [4.78, 5) is 0.122. The van der Waals surface area contributed by atoms with Gasteiger partial charge in [-0.25, -0.2) is 16.8 Å². The lowest BCUT2D eigenvalue weighted by Crippen LogP contribution is -2.35. The van der Waals surface area contributed by atoms with E-state index in [1.807, 2.05) is 13.0 Å². The molecule has 0 amide bonds. The Hall–Kier alpha value is -2.10. The van der Waals surface area contributed by atoms with Gasteiger partial charge in [0.2, 0.25) is 10.0 Å². The van der Waals surface area contributed by atoms with E-state index in [0.717, 1.165) is 24.8 Å². The SMILES string of the molecule is COc1ccc(NS(=O)(=O)c2cc(C)ccc2C)cc1S(=O)(=O)N1CCCCC1. The van der Waals surface area contributed by atoms with Crippen LogP contribution in [0.1, 0.15) is 30.4 Å². The van der Waals surface area contributed by atoms with Crippen molar-refractivity contribution in [3.63, 3.8) is 0 Å². The second kappa shape index (κ2) is 8.33. The van der Waals surface area contributed by atoms with Crippen molar-refractivity contribution >= 4 is 25.7 Å². The van der Waals surface area contributed by atoms with Crippen molar-refractivity contribution in [3.8, 4) is 5.75 Å². The molecule has 3 rings (SSSR count). The van der Waals surface area contributed by atoms with Crippen molar-refractivity contribution in [1.82, 2.24) is 4.31 Å². The number of nitrogens with zero attached hydrogens (tertiary/aromatic N) is 1. The molecule has 1 aliphatic rings. The maximum atomic E-state index is 13.1. The van der Waals surface area contributed by atoms with Gasteiger partial charge in [0.15, 0.2) is 0 Å². The standard InChI is InChI=1S/C20H26N2O5S2/c1-15-7-8-16(2)19(13-15)28(23,24)21-17-9-10-18(27-3)20(14-17)29(25,26)22-11-5-4-6-12-22/h7-10,13-14,21H,4-6,11-12H2,1-3H3. The molecule has 0 atom stereocenters. The van der Waals surface area contributed by atoms with Crippen LogP contribution in [0.5, 0.6) is 5.75 Å². The summed E-state index contributed by atoms with van der Waals surface area (Å²) in [6, 6.07) is 9.46. The van der Waals surface area contributed by atoms with Gasteiger partial charge in [-0.3, -0.25) is 4.72 Å². The number of sulfonamides is 2. The number of methoxy groups -OCH3 is 1. The predicted octanol–water partition coefficient (Wildman–Crippen LogP) is 3.29. The minimum Gasteiger partial charge on any atom is -0.495 e. The molecule has 29 heavy (non-hydrogen) atoms. The first-order valence-electron chi connectivity index (χ1n) is 9.43. The summed E-state index contributed by atoms with van der Waals surface area (Å²) in [6.45, 7) is 4.43. The maximum absolute atomic E-state index is 13.1. The van der Waals surface area contributed by atoms with E-state index < -0.39 is 20.0 Å². The first-order chi connectivity index (χ1) is 13.6. The van der Waals surface area contributed by atoms with Gasteiger partial charge in [-0.1, -0.05) is 18.6 Å². The second-order valence-corrected chi connectivity index (χ2v) is 10.8. The van der Waals surface area contributed by atoms with Gasteiger partial charge in [0.1, 0.15) is 10.6 Å². The van der Waals surface area contributed by atoms with Crippen LogP contribution in [0.15, 0.2) is 46.2 Å². The molecule has 9 heteroatoms. The zero-order chi connectivity index (χ0) is 21.2. The normalized spacial score (nSPS) is 15.8. The highest BCUT2D eigenvalue weighted by Gasteiger charge is 2.29. The summed E-state index contributed by atoms with van der Waals surface area (Å²) in [6.07, 6.45) is 2.61. The number of ether oxygens (including phenoxy) is 1. The molecule has 0 aliphatic carbocycles. The molecule has 2 aromatic rings. The van der Waals surface area contributed by atoms with Crippen molar-refractivity contribution < 1.29 is 21.6 Å². The lowest BCUT2D eigenvalue weighted by atomic mass is 10.2. The Morgan fingerprint density at radius 1 is 0.897 bits per heavy atom. The number of benzene rings is 2. The average Bonchev–Trinajstić information content (AvgIpc) is 2.70. The number of nitrogens with one attached hydrogen (secondary N) is 1. The van der Waals surface area contributed by atoms with E-state index in [1.165, 1.54) is 29.6 Å². The van der Waals surface area contributed by atoms with Crippen LogP contribution in [-0.2, 0) is 20.0 Å². The van der Waals surface area contributed by atoms with Gasteiger partial charge in [-0.15, -0.1) is 0 Å². The highest BCUT2D eigenvalue weighted by Crippen LogP contribution is 2.32. The molecule has 1 fully saturated rings. The fourth-order valence-electron chi connectivity index (χ4n) is 3.39. The van der Waals surface area contributed by atoms with E-state index in [4.69, 9.17) is 4.74 Å². The molecule has 1 heterocycles. The summed E-state index contributed by atoms with van der Waals surface area (Å²) >= 11 is 0. The molecule has 0 spiro atoms. The van der Waals surface area contributed by atoms with E-state index >= 15 is 0 Å². The fraction of sp³-hybridized carbons (Fsp3) is 0.400. The van der Waals surface area contributed by atoms with Crippen molar-refractivity contribution in [1.29, 1.82) is 0 Å². The van der Waals surface area contributed by atoms with Crippen molar-refractivity contribution in [3.05, 3.63) is 47.5 Å². The molecular weight excluding hydrogens is 412 g/mol. The van der Waals surface area contributed by atoms with Gasteiger partial charge in [-0.05, 0) is 62.1 Å². The lowest BCUT2D eigenvalue weighted by molar-refractivity contribution is 0.343. The molecule has 0 bridgehead atoms. The third kappa shape index (κ3) is 4.57. The van der Waals surface area contributed by atoms with Gasteiger partial charge in [0.05, 0.1) is 17.7 Å². The molecule has 7 nitrogen and oxygen atoms in total. The minimum absolute atomic E-state index is 0.0388. The molecule has 1 saturated heterocycles. The van der Waals surface area contributed by atoms with E-state index in [9.17, 15) is 16.8 Å². The van der Waals surface area contributed by atoms with Crippen molar-refractivity contribution in [2.75, 3.05) is 24.9 Å². The number of rotatable bonds is 6. The van der Waals surface area contributed by atoms with Gasteiger partial charge in [-0.2, -0.15) is 4.31 Å². The van der Waals surface area contributed by atoms with Crippen molar-refractivity contribution in [2.45, 2.75) is 42.9 Å². The van der Waals surface area contributed by atoms with Gasteiger partial charge >= 0.3 is 0 Å². The largest absolute Gasteiger partial charge is 0.495 e. The zero-order valence-electron chi connectivity index (χ0n) is 16.8. The van der Waals surface area contributed by atoms with Crippen LogP contribution in [0.4, 0.5) is 5.69 Å². The Morgan fingerprint density at radius 3 is 2.24 bits per heavy atom. The number of anilines is 1. The van der Waals surface area contributed by atoms with Crippen LogP contribution in [0, 0.1) is 13.8 Å². The first-order valence-corrected chi connectivity index (χ1v) is 12.4. The molecule has 1 N–H and O–H groups in total. The molecule has 0 radical (unpaired) electrons.